The van der Waals surface area contributed by atoms with E-state index in [1.54, 1.807) is 4.90 Å². The number of likely N-dealkylation sites (tertiary alicyclic amines) is 1. The first kappa shape index (κ1) is 16.2. The highest BCUT2D eigenvalue weighted by Crippen LogP contribution is 2.16. The molecule has 19 heavy (non-hydrogen) atoms. The normalized spacial score (nSPS) is 21.2. The molecule has 5 nitrogen and oxygen atoms in total. The number of nitrogens with zero attached hydrogens (tertiary/aromatic N) is 1. The fourth-order valence-corrected chi connectivity index (χ4v) is 1.76. The molecule has 1 aliphatic carbocycles. The van der Waals surface area contributed by atoms with Crippen LogP contribution in [-0.2, 0) is 4.74 Å². The quantitative estimate of drug-likeness (QED) is 0.707. The third-order valence-corrected chi connectivity index (χ3v) is 3.19. The predicted molar refractivity (Wildman–Crippen MR) is 72.9 cm³/mol. The average molecular weight is 273 g/mol. The van der Waals surface area contributed by atoms with Crippen molar-refractivity contribution in [1.29, 1.82) is 0 Å². The zero-order valence-electron chi connectivity index (χ0n) is 12.3. The molecule has 0 bridgehead atoms. The summed E-state index contributed by atoms with van der Waals surface area (Å²) in [6, 6.07) is 0. The van der Waals surface area contributed by atoms with Gasteiger partial charge in [0.1, 0.15) is 5.60 Å². The molecule has 2 fully saturated rings. The van der Waals surface area contributed by atoms with Gasteiger partial charge in [0.15, 0.2) is 0 Å². The Balaban J connectivity index is 0.000000300. The van der Waals surface area contributed by atoms with Crippen LogP contribution in [-0.4, -0.2) is 52.1 Å². The molecule has 2 rings (SSSR count). The van der Waals surface area contributed by atoms with Crippen LogP contribution in [0.1, 0.15) is 52.9 Å². The number of aliphatic hydroxyl groups excluding tert-OH is 2. The van der Waals surface area contributed by atoms with E-state index in [9.17, 15) is 9.90 Å². The molecule has 112 valence electrons. The first-order valence-electron chi connectivity index (χ1n) is 7.12. The molecule has 0 atom stereocenters. The third kappa shape index (κ3) is 6.78. The number of aliphatic hydroxyl groups is 2. The molecule has 0 radical (unpaired) electrons. The lowest BCUT2D eigenvalue weighted by molar-refractivity contribution is 0.0101. The summed E-state index contributed by atoms with van der Waals surface area (Å²) in [5.41, 5.74) is -0.437. The van der Waals surface area contributed by atoms with Crippen molar-refractivity contribution in [1.82, 2.24) is 4.90 Å². The Hall–Kier alpha value is -0.810. The lowest BCUT2D eigenvalue weighted by Gasteiger charge is -2.31. The molecular formula is C14H27NO4. The van der Waals surface area contributed by atoms with Gasteiger partial charge in [-0.1, -0.05) is 0 Å². The minimum absolute atomic E-state index is 0.0648. The Morgan fingerprint density at radius 2 is 1.47 bits per heavy atom. The van der Waals surface area contributed by atoms with Crippen molar-refractivity contribution in [2.45, 2.75) is 70.7 Å². The highest BCUT2D eigenvalue weighted by Gasteiger charge is 2.25. The van der Waals surface area contributed by atoms with Gasteiger partial charge >= 0.3 is 6.09 Å². The van der Waals surface area contributed by atoms with Crippen LogP contribution in [0.3, 0.4) is 0 Å². The molecule has 0 aromatic heterocycles. The van der Waals surface area contributed by atoms with Crippen LogP contribution in [0.2, 0.25) is 0 Å². The van der Waals surface area contributed by atoms with E-state index in [4.69, 9.17) is 9.84 Å². The lowest BCUT2D eigenvalue weighted by atomic mass is 9.97. The summed E-state index contributed by atoms with van der Waals surface area (Å²) >= 11 is 0. The number of carbonyl (C=O) groups excluding carboxylic acids is 1. The molecule has 1 aliphatic heterocycles. The molecule has 1 amide bonds. The third-order valence-electron chi connectivity index (χ3n) is 3.19. The molecule has 0 spiro atoms. The molecular weight excluding hydrogens is 246 g/mol. The first-order valence-corrected chi connectivity index (χ1v) is 7.12. The van der Waals surface area contributed by atoms with E-state index in [2.05, 4.69) is 0 Å². The number of carbonyl (C=O) groups is 1. The number of hydrogen-bond donors (Lipinski definition) is 2. The van der Waals surface area contributed by atoms with Crippen LogP contribution < -0.4 is 0 Å². The molecule has 0 aromatic rings. The second-order valence-corrected chi connectivity index (χ2v) is 6.28. The maximum Gasteiger partial charge on any atom is 0.410 e. The summed E-state index contributed by atoms with van der Waals surface area (Å²) in [6.07, 6.45) is 4.16. The first-order chi connectivity index (χ1) is 8.78. The SMILES string of the molecule is CC(C)(C)OC(=O)N1CCC(O)CC1.OC1CCC1. The van der Waals surface area contributed by atoms with Gasteiger partial charge in [-0.3, -0.25) is 0 Å². The Bertz CT molecular complexity index is 276. The van der Waals surface area contributed by atoms with Crippen LogP contribution >= 0.6 is 0 Å². The highest BCUT2D eigenvalue weighted by atomic mass is 16.6. The van der Waals surface area contributed by atoms with Gasteiger partial charge in [-0.05, 0) is 52.9 Å². The van der Waals surface area contributed by atoms with Crippen molar-refractivity contribution >= 4 is 6.09 Å². The number of rotatable bonds is 0. The topological polar surface area (TPSA) is 70.0 Å². The summed E-state index contributed by atoms with van der Waals surface area (Å²) in [5, 5.41) is 17.7. The second-order valence-electron chi connectivity index (χ2n) is 6.28. The highest BCUT2D eigenvalue weighted by molar-refractivity contribution is 5.68. The Kier molecular flexibility index (Phi) is 6.07. The van der Waals surface area contributed by atoms with Crippen LogP contribution in [0, 0.1) is 0 Å². The number of amides is 1. The second kappa shape index (κ2) is 7.10. The maximum absolute atomic E-state index is 11.5. The minimum atomic E-state index is -0.437. The van der Waals surface area contributed by atoms with Crippen molar-refractivity contribution in [3.63, 3.8) is 0 Å². The van der Waals surface area contributed by atoms with Gasteiger partial charge < -0.3 is 19.8 Å². The fraction of sp³-hybridized carbons (Fsp3) is 0.929. The molecule has 5 heteroatoms. The standard InChI is InChI=1S/C10H19NO3.C4H8O/c1-10(2,3)14-9(13)11-6-4-8(12)5-7-11;5-4-2-1-3-4/h8,12H,4-7H2,1-3H3;4-5H,1-3H2. The van der Waals surface area contributed by atoms with Gasteiger partial charge in [0, 0.05) is 13.1 Å². The monoisotopic (exact) mass is 273 g/mol. The van der Waals surface area contributed by atoms with Crippen molar-refractivity contribution < 1.29 is 19.7 Å². The van der Waals surface area contributed by atoms with Gasteiger partial charge in [0.05, 0.1) is 12.2 Å². The van der Waals surface area contributed by atoms with Crippen molar-refractivity contribution in [3.05, 3.63) is 0 Å². The number of piperidine rings is 1. The van der Waals surface area contributed by atoms with Gasteiger partial charge in [0.25, 0.3) is 0 Å². The van der Waals surface area contributed by atoms with E-state index in [-0.39, 0.29) is 18.3 Å². The Morgan fingerprint density at radius 3 is 1.79 bits per heavy atom. The number of hydrogen-bond acceptors (Lipinski definition) is 4. The summed E-state index contributed by atoms with van der Waals surface area (Å²) in [6.45, 7) is 6.74. The van der Waals surface area contributed by atoms with E-state index in [1.165, 1.54) is 6.42 Å². The lowest BCUT2D eigenvalue weighted by Crippen LogP contribution is -2.42. The zero-order chi connectivity index (χ0) is 14.5. The van der Waals surface area contributed by atoms with E-state index in [0.717, 1.165) is 12.8 Å². The predicted octanol–water partition coefficient (Wildman–Crippen LogP) is 1.91. The molecule has 1 saturated heterocycles. The Labute approximate surface area is 115 Å². The summed E-state index contributed by atoms with van der Waals surface area (Å²) in [7, 11) is 0. The van der Waals surface area contributed by atoms with Crippen molar-refractivity contribution in [2.24, 2.45) is 0 Å². The van der Waals surface area contributed by atoms with Gasteiger partial charge in [-0.2, -0.15) is 0 Å². The zero-order valence-corrected chi connectivity index (χ0v) is 12.3. The fourth-order valence-electron chi connectivity index (χ4n) is 1.76. The number of ether oxygens (including phenoxy) is 1. The molecule has 1 heterocycles. The van der Waals surface area contributed by atoms with E-state index >= 15 is 0 Å². The van der Waals surface area contributed by atoms with Gasteiger partial charge in [-0.25, -0.2) is 4.79 Å². The van der Waals surface area contributed by atoms with Crippen LogP contribution in [0.5, 0.6) is 0 Å². The summed E-state index contributed by atoms with van der Waals surface area (Å²) < 4.78 is 5.22. The van der Waals surface area contributed by atoms with E-state index < -0.39 is 5.60 Å². The smallest absolute Gasteiger partial charge is 0.410 e. The van der Waals surface area contributed by atoms with Crippen molar-refractivity contribution in [3.8, 4) is 0 Å². The molecule has 2 aliphatic rings. The van der Waals surface area contributed by atoms with Crippen LogP contribution in [0.15, 0.2) is 0 Å². The van der Waals surface area contributed by atoms with E-state index in [0.29, 0.717) is 25.9 Å². The van der Waals surface area contributed by atoms with Gasteiger partial charge in [0.2, 0.25) is 0 Å². The summed E-state index contributed by atoms with van der Waals surface area (Å²) in [5.74, 6) is 0. The minimum Gasteiger partial charge on any atom is -0.444 e. The molecule has 2 N–H and O–H groups in total. The maximum atomic E-state index is 11.5. The Morgan fingerprint density at radius 1 is 1.05 bits per heavy atom. The van der Waals surface area contributed by atoms with Crippen molar-refractivity contribution in [2.75, 3.05) is 13.1 Å². The van der Waals surface area contributed by atoms with E-state index in [1.807, 2.05) is 20.8 Å². The van der Waals surface area contributed by atoms with Crippen LogP contribution in [0.4, 0.5) is 4.79 Å². The summed E-state index contributed by atoms with van der Waals surface area (Å²) in [4.78, 5) is 13.2. The van der Waals surface area contributed by atoms with Crippen LogP contribution in [0.25, 0.3) is 0 Å². The molecule has 0 unspecified atom stereocenters. The molecule has 0 aromatic carbocycles. The average Bonchev–Trinajstić information content (AvgIpc) is 2.25. The molecule has 1 saturated carbocycles. The van der Waals surface area contributed by atoms with Gasteiger partial charge in [-0.15, -0.1) is 0 Å². The largest absolute Gasteiger partial charge is 0.444 e.